The van der Waals surface area contributed by atoms with Crippen molar-refractivity contribution in [1.82, 2.24) is 0 Å². The molecular formula is C9H12N2O3S. The number of nitrogens with zero attached hydrogens (tertiary/aromatic N) is 1. The zero-order chi connectivity index (χ0) is 11.5. The first-order valence-electron chi connectivity index (χ1n) is 4.19. The van der Waals surface area contributed by atoms with Crippen LogP contribution in [-0.2, 0) is 10.0 Å². The van der Waals surface area contributed by atoms with Crippen LogP contribution in [0.4, 0.5) is 5.69 Å². The van der Waals surface area contributed by atoms with Gasteiger partial charge >= 0.3 is 0 Å². The van der Waals surface area contributed by atoms with Crippen LogP contribution in [-0.4, -0.2) is 25.6 Å². The largest absolute Gasteiger partial charge is 0.411 e. The van der Waals surface area contributed by atoms with Crippen LogP contribution in [0.15, 0.2) is 29.4 Å². The maximum atomic E-state index is 11.0. The van der Waals surface area contributed by atoms with Crippen LogP contribution in [0.2, 0.25) is 0 Å². The van der Waals surface area contributed by atoms with E-state index in [1.54, 1.807) is 31.2 Å². The Morgan fingerprint density at radius 2 is 2.13 bits per heavy atom. The first-order valence-corrected chi connectivity index (χ1v) is 6.08. The molecule has 0 aliphatic carbocycles. The summed E-state index contributed by atoms with van der Waals surface area (Å²) in [7, 11) is -3.28. The summed E-state index contributed by atoms with van der Waals surface area (Å²) in [5.41, 5.74) is 1.52. The second kappa shape index (κ2) is 4.31. The number of anilines is 1. The Balaban J connectivity index is 3.04. The van der Waals surface area contributed by atoms with Crippen molar-refractivity contribution in [3.8, 4) is 0 Å². The van der Waals surface area contributed by atoms with Crippen molar-refractivity contribution in [1.29, 1.82) is 0 Å². The van der Waals surface area contributed by atoms with E-state index in [-0.39, 0.29) is 0 Å². The lowest BCUT2D eigenvalue weighted by Gasteiger charge is -2.05. The van der Waals surface area contributed by atoms with Crippen LogP contribution in [0.25, 0.3) is 0 Å². The molecule has 0 aromatic heterocycles. The molecule has 0 unspecified atom stereocenters. The summed E-state index contributed by atoms with van der Waals surface area (Å²) in [6, 6.07) is 6.62. The van der Waals surface area contributed by atoms with Gasteiger partial charge in [0, 0.05) is 11.3 Å². The Kier molecular flexibility index (Phi) is 3.31. The summed E-state index contributed by atoms with van der Waals surface area (Å²) >= 11 is 0. The van der Waals surface area contributed by atoms with Crippen molar-refractivity contribution in [3.05, 3.63) is 29.8 Å². The molecule has 15 heavy (non-hydrogen) atoms. The number of benzene rings is 1. The normalized spacial score (nSPS) is 12.5. The number of hydrogen-bond acceptors (Lipinski definition) is 4. The average molecular weight is 228 g/mol. The zero-order valence-corrected chi connectivity index (χ0v) is 9.25. The van der Waals surface area contributed by atoms with Crippen LogP contribution in [0, 0.1) is 0 Å². The minimum atomic E-state index is -3.28. The lowest BCUT2D eigenvalue weighted by molar-refractivity contribution is 0.319. The smallest absolute Gasteiger partial charge is 0.229 e. The summed E-state index contributed by atoms with van der Waals surface area (Å²) in [4.78, 5) is 0. The van der Waals surface area contributed by atoms with Gasteiger partial charge in [-0.2, -0.15) is 0 Å². The fraction of sp³-hybridized carbons (Fsp3) is 0.222. The predicted octanol–water partition coefficient (Wildman–Crippen LogP) is 1.26. The summed E-state index contributed by atoms with van der Waals surface area (Å²) in [6.45, 7) is 1.62. The van der Waals surface area contributed by atoms with E-state index in [4.69, 9.17) is 5.21 Å². The first-order chi connectivity index (χ1) is 6.92. The van der Waals surface area contributed by atoms with Gasteiger partial charge in [-0.05, 0) is 19.1 Å². The van der Waals surface area contributed by atoms with E-state index in [1.165, 1.54) is 0 Å². The molecular weight excluding hydrogens is 216 g/mol. The molecule has 0 aliphatic rings. The van der Waals surface area contributed by atoms with E-state index >= 15 is 0 Å². The van der Waals surface area contributed by atoms with Crippen molar-refractivity contribution in [3.63, 3.8) is 0 Å². The van der Waals surface area contributed by atoms with Crippen LogP contribution < -0.4 is 4.72 Å². The predicted molar refractivity (Wildman–Crippen MR) is 58.9 cm³/mol. The Labute approximate surface area is 88.5 Å². The molecule has 1 aromatic carbocycles. The minimum absolute atomic E-state index is 0.423. The van der Waals surface area contributed by atoms with Crippen LogP contribution in [0.1, 0.15) is 12.5 Å². The maximum absolute atomic E-state index is 11.0. The van der Waals surface area contributed by atoms with Crippen LogP contribution in [0.3, 0.4) is 0 Å². The second-order valence-electron chi connectivity index (χ2n) is 3.14. The SMILES string of the molecule is C/C(=N\O)c1cccc(NS(C)(=O)=O)c1. The van der Waals surface area contributed by atoms with Crippen LogP contribution in [0.5, 0.6) is 0 Å². The van der Waals surface area contributed by atoms with Crippen LogP contribution >= 0.6 is 0 Å². The molecule has 0 heterocycles. The standard InChI is InChI=1S/C9H12N2O3S/c1-7(10-12)8-4-3-5-9(6-8)11-15(2,13)14/h3-6,11-12H,1-2H3/b10-7+. The van der Waals surface area contributed by atoms with Crippen molar-refractivity contribution < 1.29 is 13.6 Å². The van der Waals surface area contributed by atoms with Gasteiger partial charge in [0.15, 0.2) is 0 Å². The summed E-state index contributed by atoms with van der Waals surface area (Å²) in [6.07, 6.45) is 1.08. The van der Waals surface area contributed by atoms with Gasteiger partial charge in [0.25, 0.3) is 0 Å². The highest BCUT2D eigenvalue weighted by Crippen LogP contribution is 2.12. The Morgan fingerprint density at radius 3 is 2.67 bits per heavy atom. The fourth-order valence-corrected chi connectivity index (χ4v) is 1.63. The third-order valence-electron chi connectivity index (χ3n) is 1.73. The molecule has 0 bridgehead atoms. The molecule has 2 N–H and O–H groups in total. The van der Waals surface area contributed by atoms with Crippen molar-refractivity contribution in [2.75, 3.05) is 11.0 Å². The van der Waals surface area contributed by atoms with Gasteiger partial charge in [0.05, 0.1) is 12.0 Å². The molecule has 0 atom stereocenters. The number of rotatable bonds is 3. The van der Waals surface area contributed by atoms with E-state index < -0.39 is 10.0 Å². The highest BCUT2D eigenvalue weighted by atomic mass is 32.2. The summed E-state index contributed by atoms with van der Waals surface area (Å²) in [5.74, 6) is 0. The molecule has 0 aliphatic heterocycles. The third-order valence-corrected chi connectivity index (χ3v) is 2.34. The quantitative estimate of drug-likeness (QED) is 0.464. The summed E-state index contributed by atoms with van der Waals surface area (Å²) < 4.78 is 24.3. The van der Waals surface area contributed by atoms with E-state index in [9.17, 15) is 8.42 Å². The Bertz CT molecular complexity index is 480. The third kappa shape index (κ3) is 3.59. The van der Waals surface area contributed by atoms with Gasteiger partial charge in [-0.25, -0.2) is 8.42 Å². The average Bonchev–Trinajstić information content (AvgIpc) is 2.14. The van der Waals surface area contributed by atoms with Gasteiger partial charge in [-0.15, -0.1) is 0 Å². The van der Waals surface area contributed by atoms with E-state index in [1.807, 2.05) is 0 Å². The van der Waals surface area contributed by atoms with E-state index in [0.717, 1.165) is 6.26 Å². The lowest BCUT2D eigenvalue weighted by atomic mass is 10.1. The zero-order valence-electron chi connectivity index (χ0n) is 8.43. The highest BCUT2D eigenvalue weighted by molar-refractivity contribution is 7.92. The van der Waals surface area contributed by atoms with Gasteiger partial charge < -0.3 is 5.21 Å². The molecule has 0 radical (unpaired) electrons. The molecule has 0 amide bonds. The molecule has 0 saturated heterocycles. The van der Waals surface area contributed by atoms with E-state index in [0.29, 0.717) is 17.0 Å². The van der Waals surface area contributed by atoms with Gasteiger partial charge in [-0.1, -0.05) is 17.3 Å². The molecule has 0 spiro atoms. The van der Waals surface area contributed by atoms with Crippen molar-refractivity contribution >= 4 is 21.4 Å². The molecule has 0 saturated carbocycles. The molecule has 6 heteroatoms. The number of hydrogen-bond donors (Lipinski definition) is 2. The minimum Gasteiger partial charge on any atom is -0.411 e. The molecule has 1 rings (SSSR count). The number of nitrogens with one attached hydrogen (secondary N) is 1. The monoisotopic (exact) mass is 228 g/mol. The lowest BCUT2D eigenvalue weighted by Crippen LogP contribution is -2.10. The molecule has 5 nitrogen and oxygen atoms in total. The Hall–Kier alpha value is -1.56. The maximum Gasteiger partial charge on any atom is 0.229 e. The van der Waals surface area contributed by atoms with Gasteiger partial charge in [0.2, 0.25) is 10.0 Å². The fourth-order valence-electron chi connectivity index (χ4n) is 1.08. The second-order valence-corrected chi connectivity index (χ2v) is 4.89. The van der Waals surface area contributed by atoms with E-state index in [2.05, 4.69) is 9.88 Å². The van der Waals surface area contributed by atoms with Gasteiger partial charge in [0.1, 0.15) is 0 Å². The number of oxime groups is 1. The van der Waals surface area contributed by atoms with Crippen molar-refractivity contribution in [2.45, 2.75) is 6.92 Å². The Morgan fingerprint density at radius 1 is 1.47 bits per heavy atom. The van der Waals surface area contributed by atoms with Crippen molar-refractivity contribution in [2.24, 2.45) is 5.16 Å². The molecule has 82 valence electrons. The highest BCUT2D eigenvalue weighted by Gasteiger charge is 2.03. The first kappa shape index (κ1) is 11.5. The number of sulfonamides is 1. The molecule has 0 fully saturated rings. The topological polar surface area (TPSA) is 78.8 Å². The summed E-state index contributed by atoms with van der Waals surface area (Å²) in [5, 5.41) is 11.6. The molecule has 1 aromatic rings. The van der Waals surface area contributed by atoms with Gasteiger partial charge in [-0.3, -0.25) is 4.72 Å².